The summed E-state index contributed by atoms with van der Waals surface area (Å²) in [6.07, 6.45) is 0. The Labute approximate surface area is 142 Å². The molecule has 3 rings (SSSR count). The average molecular weight is 320 g/mol. The Hall–Kier alpha value is -2.39. The van der Waals surface area contributed by atoms with Gasteiger partial charge in [0.15, 0.2) is 0 Å². The monoisotopic (exact) mass is 320 g/mol. The zero-order valence-electron chi connectivity index (χ0n) is 14.5. The lowest BCUT2D eigenvalue weighted by atomic mass is 9.92. The highest BCUT2D eigenvalue weighted by Crippen LogP contribution is 2.25. The molecule has 0 bridgehead atoms. The van der Waals surface area contributed by atoms with Crippen molar-refractivity contribution < 1.29 is 0 Å². The van der Waals surface area contributed by atoms with E-state index < -0.39 is 0 Å². The number of aromatic amines is 1. The van der Waals surface area contributed by atoms with Gasteiger partial charge in [0, 0.05) is 23.7 Å². The van der Waals surface area contributed by atoms with Crippen LogP contribution in [0.15, 0.2) is 59.4 Å². The second-order valence-electron chi connectivity index (χ2n) is 6.67. The Morgan fingerprint density at radius 1 is 1.04 bits per heavy atom. The highest BCUT2D eigenvalue weighted by Gasteiger charge is 2.17. The number of aryl methyl sites for hydroxylation is 1. The van der Waals surface area contributed by atoms with E-state index in [-0.39, 0.29) is 11.6 Å². The molecule has 0 aliphatic carbocycles. The zero-order chi connectivity index (χ0) is 17.1. The molecule has 0 aliphatic heterocycles. The van der Waals surface area contributed by atoms with Crippen LogP contribution in [0, 0.1) is 12.8 Å². The largest absolute Gasteiger partial charge is 0.324 e. The molecule has 1 atom stereocenters. The van der Waals surface area contributed by atoms with Crippen LogP contribution in [0.3, 0.4) is 0 Å². The van der Waals surface area contributed by atoms with Gasteiger partial charge in [-0.2, -0.15) is 0 Å². The molecule has 2 aromatic carbocycles. The van der Waals surface area contributed by atoms with Crippen molar-refractivity contribution in [3.63, 3.8) is 0 Å². The van der Waals surface area contributed by atoms with Crippen molar-refractivity contribution in [2.75, 3.05) is 0 Å². The van der Waals surface area contributed by atoms with Crippen LogP contribution >= 0.6 is 0 Å². The first-order chi connectivity index (χ1) is 11.6. The van der Waals surface area contributed by atoms with Gasteiger partial charge >= 0.3 is 0 Å². The standard InChI is InChI=1S/C21H24N2O/c1-14(2)20(18-10-6-4-8-15(18)3)22-13-17-12-16-9-5-7-11-19(16)21(24)23-17/h4-12,14,20,22H,13H2,1-3H3,(H,23,24)/t20-/m0/s1. The Balaban J connectivity index is 1.85. The van der Waals surface area contributed by atoms with Crippen LogP contribution in [-0.2, 0) is 6.54 Å². The van der Waals surface area contributed by atoms with Crippen LogP contribution in [-0.4, -0.2) is 4.98 Å². The maximum Gasteiger partial charge on any atom is 0.256 e. The van der Waals surface area contributed by atoms with E-state index in [2.05, 4.69) is 61.4 Å². The van der Waals surface area contributed by atoms with Gasteiger partial charge in [-0.25, -0.2) is 0 Å². The molecule has 124 valence electrons. The number of hydrogen-bond acceptors (Lipinski definition) is 2. The minimum absolute atomic E-state index is 0.0260. The van der Waals surface area contributed by atoms with Crippen LogP contribution < -0.4 is 10.9 Å². The number of rotatable bonds is 5. The summed E-state index contributed by atoms with van der Waals surface area (Å²) in [7, 11) is 0. The summed E-state index contributed by atoms with van der Waals surface area (Å²) in [4.78, 5) is 15.2. The zero-order valence-corrected chi connectivity index (χ0v) is 14.5. The fourth-order valence-electron chi connectivity index (χ4n) is 3.22. The SMILES string of the molecule is Cc1ccccc1[C@@H](NCc1cc2ccccc2c(=O)[nH]1)C(C)C. The first kappa shape index (κ1) is 16.5. The number of pyridine rings is 1. The van der Waals surface area contributed by atoms with E-state index in [1.165, 1.54) is 11.1 Å². The third-order valence-corrected chi connectivity index (χ3v) is 4.51. The topological polar surface area (TPSA) is 44.9 Å². The summed E-state index contributed by atoms with van der Waals surface area (Å²) in [5, 5.41) is 5.33. The van der Waals surface area contributed by atoms with E-state index in [4.69, 9.17) is 0 Å². The first-order valence-corrected chi connectivity index (χ1v) is 8.46. The number of fused-ring (bicyclic) bond motifs is 1. The molecule has 24 heavy (non-hydrogen) atoms. The van der Waals surface area contributed by atoms with Gasteiger partial charge in [-0.05, 0) is 41.5 Å². The fraction of sp³-hybridized carbons (Fsp3) is 0.286. The third-order valence-electron chi connectivity index (χ3n) is 4.51. The molecule has 0 amide bonds. The van der Waals surface area contributed by atoms with E-state index in [0.717, 1.165) is 16.5 Å². The van der Waals surface area contributed by atoms with E-state index in [0.29, 0.717) is 12.5 Å². The summed E-state index contributed by atoms with van der Waals surface area (Å²) in [5.41, 5.74) is 3.49. The van der Waals surface area contributed by atoms with Crippen LogP contribution in [0.1, 0.15) is 36.7 Å². The predicted molar refractivity (Wildman–Crippen MR) is 100 cm³/mol. The molecule has 0 fully saturated rings. The number of nitrogens with one attached hydrogen (secondary N) is 2. The Bertz CT molecular complexity index is 895. The third kappa shape index (κ3) is 3.41. The molecule has 1 aromatic heterocycles. The summed E-state index contributed by atoms with van der Waals surface area (Å²) in [5.74, 6) is 0.457. The molecule has 0 spiro atoms. The number of benzene rings is 2. The lowest BCUT2D eigenvalue weighted by Crippen LogP contribution is -2.27. The molecular formula is C21H24N2O. The maximum absolute atomic E-state index is 12.2. The minimum Gasteiger partial charge on any atom is -0.324 e. The second-order valence-corrected chi connectivity index (χ2v) is 6.67. The molecule has 3 nitrogen and oxygen atoms in total. The van der Waals surface area contributed by atoms with E-state index >= 15 is 0 Å². The van der Waals surface area contributed by atoms with Gasteiger partial charge in [-0.15, -0.1) is 0 Å². The molecule has 3 aromatic rings. The smallest absolute Gasteiger partial charge is 0.256 e. The Morgan fingerprint density at radius 3 is 2.50 bits per heavy atom. The molecule has 0 saturated heterocycles. The molecule has 3 heteroatoms. The van der Waals surface area contributed by atoms with Gasteiger partial charge in [0.05, 0.1) is 0 Å². The molecule has 1 heterocycles. The number of H-pyrrole nitrogens is 1. The van der Waals surface area contributed by atoms with Crippen LogP contribution in [0.4, 0.5) is 0 Å². The van der Waals surface area contributed by atoms with Crippen LogP contribution in [0.25, 0.3) is 10.8 Å². The van der Waals surface area contributed by atoms with Crippen molar-refractivity contribution in [3.8, 4) is 0 Å². The second kappa shape index (κ2) is 7.02. The first-order valence-electron chi connectivity index (χ1n) is 8.46. The Morgan fingerprint density at radius 2 is 1.75 bits per heavy atom. The lowest BCUT2D eigenvalue weighted by molar-refractivity contribution is 0.407. The average Bonchev–Trinajstić information content (AvgIpc) is 2.56. The van der Waals surface area contributed by atoms with Gasteiger partial charge in [0.25, 0.3) is 5.56 Å². The van der Waals surface area contributed by atoms with Gasteiger partial charge in [-0.1, -0.05) is 56.3 Å². The summed E-state index contributed by atoms with van der Waals surface area (Å²) >= 11 is 0. The highest BCUT2D eigenvalue weighted by atomic mass is 16.1. The van der Waals surface area contributed by atoms with Crippen molar-refractivity contribution in [2.24, 2.45) is 5.92 Å². The van der Waals surface area contributed by atoms with Gasteiger partial charge in [-0.3, -0.25) is 4.79 Å². The summed E-state index contributed by atoms with van der Waals surface area (Å²) in [6.45, 7) is 7.21. The normalized spacial score (nSPS) is 12.7. The van der Waals surface area contributed by atoms with E-state index in [1.807, 2.05) is 24.3 Å². The van der Waals surface area contributed by atoms with E-state index in [9.17, 15) is 4.79 Å². The molecular weight excluding hydrogens is 296 g/mol. The summed E-state index contributed by atoms with van der Waals surface area (Å²) in [6, 6.07) is 18.5. The van der Waals surface area contributed by atoms with Crippen LogP contribution in [0.2, 0.25) is 0 Å². The molecule has 0 unspecified atom stereocenters. The van der Waals surface area contributed by atoms with E-state index in [1.54, 1.807) is 0 Å². The van der Waals surface area contributed by atoms with Gasteiger partial charge in [0.1, 0.15) is 0 Å². The van der Waals surface area contributed by atoms with Crippen molar-refractivity contribution in [2.45, 2.75) is 33.4 Å². The minimum atomic E-state index is -0.0260. The predicted octanol–water partition coefficient (Wildman–Crippen LogP) is 4.32. The molecule has 0 aliphatic rings. The maximum atomic E-state index is 12.2. The summed E-state index contributed by atoms with van der Waals surface area (Å²) < 4.78 is 0. The number of hydrogen-bond donors (Lipinski definition) is 2. The quantitative estimate of drug-likeness (QED) is 0.735. The Kier molecular flexibility index (Phi) is 4.81. The highest BCUT2D eigenvalue weighted by molar-refractivity contribution is 5.81. The van der Waals surface area contributed by atoms with Crippen molar-refractivity contribution >= 4 is 10.8 Å². The molecule has 0 radical (unpaired) electrons. The fourth-order valence-corrected chi connectivity index (χ4v) is 3.22. The van der Waals surface area contributed by atoms with Crippen LogP contribution in [0.5, 0.6) is 0 Å². The van der Waals surface area contributed by atoms with Crippen molar-refractivity contribution in [3.05, 3.63) is 81.8 Å². The van der Waals surface area contributed by atoms with Crippen molar-refractivity contribution in [1.82, 2.24) is 10.3 Å². The molecule has 2 N–H and O–H groups in total. The van der Waals surface area contributed by atoms with Gasteiger partial charge in [0.2, 0.25) is 0 Å². The number of aromatic nitrogens is 1. The lowest BCUT2D eigenvalue weighted by Gasteiger charge is -2.24. The van der Waals surface area contributed by atoms with Gasteiger partial charge < -0.3 is 10.3 Å². The van der Waals surface area contributed by atoms with Crippen molar-refractivity contribution in [1.29, 1.82) is 0 Å². The molecule has 0 saturated carbocycles.